The van der Waals surface area contributed by atoms with E-state index in [1.807, 2.05) is 6.07 Å². The van der Waals surface area contributed by atoms with Crippen LogP contribution in [-0.4, -0.2) is 42.4 Å². The SMILES string of the molecule is COc1cccc(-n2c(SCC(=O)c3ccc(OC)cc3OC)nc3ccccc3c2=O)c1. The van der Waals surface area contributed by atoms with E-state index < -0.39 is 0 Å². The lowest BCUT2D eigenvalue weighted by molar-refractivity contribution is 0.101. The van der Waals surface area contributed by atoms with Gasteiger partial charge in [-0.2, -0.15) is 0 Å². The smallest absolute Gasteiger partial charge is 0.266 e. The number of carbonyl (C=O) groups is 1. The third-order valence-corrected chi connectivity index (χ3v) is 6.04. The number of fused-ring (bicyclic) bond motifs is 1. The molecule has 0 N–H and O–H groups in total. The van der Waals surface area contributed by atoms with Crippen molar-refractivity contribution in [2.45, 2.75) is 5.16 Å². The zero-order valence-electron chi connectivity index (χ0n) is 18.4. The summed E-state index contributed by atoms with van der Waals surface area (Å²) in [6, 6.07) is 19.4. The molecule has 1 heterocycles. The van der Waals surface area contributed by atoms with Crippen LogP contribution in [0.5, 0.6) is 17.2 Å². The predicted molar refractivity (Wildman–Crippen MR) is 128 cm³/mol. The Morgan fingerprint density at radius 2 is 1.67 bits per heavy atom. The summed E-state index contributed by atoms with van der Waals surface area (Å²) in [4.78, 5) is 31.1. The lowest BCUT2D eigenvalue weighted by atomic mass is 10.1. The van der Waals surface area contributed by atoms with E-state index in [0.29, 0.717) is 44.6 Å². The van der Waals surface area contributed by atoms with Gasteiger partial charge in [0.05, 0.1) is 49.2 Å². The Morgan fingerprint density at radius 3 is 2.42 bits per heavy atom. The summed E-state index contributed by atoms with van der Waals surface area (Å²) in [6.45, 7) is 0. The van der Waals surface area contributed by atoms with Gasteiger partial charge >= 0.3 is 0 Å². The molecule has 0 aliphatic rings. The molecule has 0 aliphatic carbocycles. The maximum atomic E-state index is 13.4. The predicted octanol–water partition coefficient (Wildman–Crippen LogP) is 4.39. The van der Waals surface area contributed by atoms with Crippen LogP contribution in [0.1, 0.15) is 10.4 Å². The van der Waals surface area contributed by atoms with Gasteiger partial charge in [0.15, 0.2) is 10.9 Å². The van der Waals surface area contributed by atoms with Gasteiger partial charge in [-0.1, -0.05) is 30.0 Å². The van der Waals surface area contributed by atoms with E-state index in [1.165, 1.54) is 23.4 Å². The summed E-state index contributed by atoms with van der Waals surface area (Å²) < 4.78 is 17.4. The van der Waals surface area contributed by atoms with Crippen LogP contribution in [0.2, 0.25) is 0 Å². The van der Waals surface area contributed by atoms with Gasteiger partial charge in [0.25, 0.3) is 5.56 Å². The summed E-state index contributed by atoms with van der Waals surface area (Å²) in [6.07, 6.45) is 0. The quantitative estimate of drug-likeness (QED) is 0.218. The van der Waals surface area contributed by atoms with Gasteiger partial charge in [0.1, 0.15) is 17.2 Å². The number of nitrogens with zero attached hydrogens (tertiary/aromatic N) is 2. The Morgan fingerprint density at radius 1 is 0.909 bits per heavy atom. The standard InChI is InChI=1S/C25H22N2O5S/c1-30-17-8-6-7-16(13-17)27-24(29)19-9-4-5-10-21(19)26-25(27)33-15-22(28)20-12-11-18(31-2)14-23(20)32-3/h4-14H,15H2,1-3H3. The van der Waals surface area contributed by atoms with Gasteiger partial charge in [-0.15, -0.1) is 0 Å². The molecule has 7 nitrogen and oxygen atoms in total. The summed E-state index contributed by atoms with van der Waals surface area (Å²) in [7, 11) is 4.62. The van der Waals surface area contributed by atoms with E-state index >= 15 is 0 Å². The lowest BCUT2D eigenvalue weighted by Crippen LogP contribution is -2.22. The molecular weight excluding hydrogens is 440 g/mol. The van der Waals surface area contributed by atoms with Crippen LogP contribution in [0.15, 0.2) is 76.7 Å². The fraction of sp³-hybridized carbons (Fsp3) is 0.160. The first kappa shape index (κ1) is 22.4. The molecule has 8 heteroatoms. The Kier molecular flexibility index (Phi) is 6.65. The van der Waals surface area contributed by atoms with Crippen molar-refractivity contribution in [2.75, 3.05) is 27.1 Å². The number of para-hydroxylation sites is 1. The van der Waals surface area contributed by atoms with Crippen molar-refractivity contribution in [3.05, 3.63) is 82.6 Å². The second-order valence-electron chi connectivity index (χ2n) is 7.03. The number of ketones is 1. The minimum Gasteiger partial charge on any atom is -0.497 e. The zero-order valence-corrected chi connectivity index (χ0v) is 19.2. The first-order chi connectivity index (χ1) is 16.0. The molecule has 4 aromatic rings. The molecule has 33 heavy (non-hydrogen) atoms. The molecule has 4 rings (SSSR count). The minimum atomic E-state index is -0.217. The fourth-order valence-electron chi connectivity index (χ4n) is 3.42. The number of thioether (sulfide) groups is 1. The van der Waals surface area contributed by atoms with Crippen molar-refractivity contribution < 1.29 is 19.0 Å². The molecule has 1 aromatic heterocycles. The van der Waals surface area contributed by atoms with Gasteiger partial charge in [0, 0.05) is 12.1 Å². The molecule has 0 saturated carbocycles. The normalized spacial score (nSPS) is 10.8. The first-order valence-electron chi connectivity index (χ1n) is 10.1. The highest BCUT2D eigenvalue weighted by atomic mass is 32.2. The maximum absolute atomic E-state index is 13.4. The number of Topliss-reactive ketones (excluding diaryl/α,β-unsaturated/α-hetero) is 1. The minimum absolute atomic E-state index is 0.0669. The number of hydrogen-bond acceptors (Lipinski definition) is 7. The van der Waals surface area contributed by atoms with E-state index in [9.17, 15) is 9.59 Å². The number of methoxy groups -OCH3 is 3. The highest BCUT2D eigenvalue weighted by Crippen LogP contribution is 2.28. The second kappa shape index (κ2) is 9.79. The van der Waals surface area contributed by atoms with Crippen LogP contribution in [0.3, 0.4) is 0 Å². The van der Waals surface area contributed by atoms with E-state index in [1.54, 1.807) is 74.9 Å². The van der Waals surface area contributed by atoms with E-state index in [0.717, 1.165) is 0 Å². The average Bonchev–Trinajstić information content (AvgIpc) is 2.86. The van der Waals surface area contributed by atoms with Gasteiger partial charge in [0.2, 0.25) is 0 Å². The van der Waals surface area contributed by atoms with Crippen LogP contribution < -0.4 is 19.8 Å². The molecule has 0 aliphatic heterocycles. The number of aromatic nitrogens is 2. The third kappa shape index (κ3) is 4.56. The molecular formula is C25H22N2O5S. The summed E-state index contributed by atoms with van der Waals surface area (Å²) in [5.41, 5.74) is 1.39. The third-order valence-electron chi connectivity index (χ3n) is 5.10. The maximum Gasteiger partial charge on any atom is 0.266 e. The molecule has 168 valence electrons. The Balaban J connectivity index is 1.74. The van der Waals surface area contributed by atoms with Crippen LogP contribution >= 0.6 is 11.8 Å². The van der Waals surface area contributed by atoms with Gasteiger partial charge in [-0.05, 0) is 36.4 Å². The number of ether oxygens (including phenoxy) is 3. The highest BCUT2D eigenvalue weighted by molar-refractivity contribution is 7.99. The Bertz CT molecular complexity index is 1380. The van der Waals surface area contributed by atoms with Crippen LogP contribution in [0, 0.1) is 0 Å². The van der Waals surface area contributed by atoms with Crippen molar-refractivity contribution >= 4 is 28.4 Å². The lowest BCUT2D eigenvalue weighted by Gasteiger charge is -2.14. The van der Waals surface area contributed by atoms with Crippen molar-refractivity contribution in [1.29, 1.82) is 0 Å². The fourth-order valence-corrected chi connectivity index (χ4v) is 4.32. The Labute approximate surface area is 194 Å². The summed E-state index contributed by atoms with van der Waals surface area (Å²) in [5, 5.41) is 0.903. The molecule has 0 amide bonds. The van der Waals surface area contributed by atoms with Crippen LogP contribution in [0.25, 0.3) is 16.6 Å². The molecule has 0 radical (unpaired) electrons. The Hall–Kier alpha value is -3.78. The van der Waals surface area contributed by atoms with E-state index in [4.69, 9.17) is 14.2 Å². The summed E-state index contributed by atoms with van der Waals surface area (Å²) >= 11 is 1.19. The summed E-state index contributed by atoms with van der Waals surface area (Å²) in [5.74, 6) is 1.55. The van der Waals surface area contributed by atoms with E-state index in [-0.39, 0.29) is 17.1 Å². The average molecular weight is 463 g/mol. The monoisotopic (exact) mass is 462 g/mol. The number of carbonyl (C=O) groups excluding carboxylic acids is 1. The largest absolute Gasteiger partial charge is 0.497 e. The second-order valence-corrected chi connectivity index (χ2v) is 7.97. The molecule has 3 aromatic carbocycles. The van der Waals surface area contributed by atoms with Crippen molar-refractivity contribution in [3.63, 3.8) is 0 Å². The topological polar surface area (TPSA) is 79.7 Å². The van der Waals surface area contributed by atoms with Crippen LogP contribution in [-0.2, 0) is 0 Å². The van der Waals surface area contributed by atoms with Gasteiger partial charge in [-0.3, -0.25) is 14.2 Å². The molecule has 0 saturated heterocycles. The first-order valence-corrected chi connectivity index (χ1v) is 11.1. The van der Waals surface area contributed by atoms with Gasteiger partial charge in [-0.25, -0.2) is 4.98 Å². The van der Waals surface area contributed by atoms with E-state index in [2.05, 4.69) is 4.98 Å². The van der Waals surface area contributed by atoms with Crippen molar-refractivity contribution in [3.8, 4) is 22.9 Å². The van der Waals surface area contributed by atoms with Crippen molar-refractivity contribution in [1.82, 2.24) is 9.55 Å². The molecule has 0 unspecified atom stereocenters. The number of rotatable bonds is 8. The molecule has 0 bridgehead atoms. The van der Waals surface area contributed by atoms with Gasteiger partial charge < -0.3 is 14.2 Å². The molecule has 0 atom stereocenters. The highest BCUT2D eigenvalue weighted by Gasteiger charge is 2.18. The molecule has 0 spiro atoms. The zero-order chi connectivity index (χ0) is 23.4. The number of hydrogen-bond donors (Lipinski definition) is 0. The molecule has 0 fully saturated rings. The van der Waals surface area contributed by atoms with Crippen LogP contribution in [0.4, 0.5) is 0 Å². The number of benzene rings is 3. The van der Waals surface area contributed by atoms with Crippen molar-refractivity contribution in [2.24, 2.45) is 0 Å².